The fraction of sp³-hybridized carbons (Fsp3) is 0.333. The molecule has 0 aliphatic heterocycles. The van der Waals surface area contributed by atoms with E-state index >= 15 is 0 Å². The lowest BCUT2D eigenvalue weighted by atomic mass is 10.0. The van der Waals surface area contributed by atoms with E-state index in [1.807, 2.05) is 18.2 Å². The van der Waals surface area contributed by atoms with Crippen LogP contribution in [-0.4, -0.2) is 32.1 Å². The third-order valence-corrected chi connectivity index (χ3v) is 4.66. The standard InChI is InChI=1S/C21H22O5/c1-13(20(22)16-8-7-14-5-4-6-15(14)11-16)26-21(23)17-9-10-18(24-2)19(12-17)25-3/h7-13H,4-6H2,1-3H3/t13-/m1/s1. The van der Waals surface area contributed by atoms with E-state index in [2.05, 4.69) is 0 Å². The van der Waals surface area contributed by atoms with E-state index in [0.717, 1.165) is 19.3 Å². The molecular formula is C21H22O5. The van der Waals surface area contributed by atoms with Gasteiger partial charge in [0.25, 0.3) is 0 Å². The Hall–Kier alpha value is -2.82. The smallest absolute Gasteiger partial charge is 0.338 e. The number of carbonyl (C=O) groups excluding carboxylic acids is 2. The molecule has 0 unspecified atom stereocenters. The second-order valence-corrected chi connectivity index (χ2v) is 6.32. The maximum Gasteiger partial charge on any atom is 0.338 e. The molecule has 1 aliphatic rings. The van der Waals surface area contributed by atoms with Crippen LogP contribution in [0.5, 0.6) is 11.5 Å². The van der Waals surface area contributed by atoms with Crippen LogP contribution in [0.2, 0.25) is 0 Å². The Morgan fingerprint density at radius 3 is 2.31 bits per heavy atom. The first-order valence-corrected chi connectivity index (χ1v) is 8.62. The number of hydrogen-bond donors (Lipinski definition) is 0. The Labute approximate surface area is 152 Å². The molecule has 26 heavy (non-hydrogen) atoms. The summed E-state index contributed by atoms with van der Waals surface area (Å²) in [6.07, 6.45) is 2.32. The SMILES string of the molecule is COc1ccc(C(=O)O[C@H](C)C(=O)c2ccc3c(c2)CCC3)cc1OC. The summed E-state index contributed by atoms with van der Waals surface area (Å²) >= 11 is 0. The molecule has 0 amide bonds. The molecule has 2 aromatic rings. The molecule has 0 fully saturated rings. The molecule has 1 aliphatic carbocycles. The molecule has 2 aromatic carbocycles. The van der Waals surface area contributed by atoms with Gasteiger partial charge in [-0.15, -0.1) is 0 Å². The summed E-state index contributed by atoms with van der Waals surface area (Å²) in [5.41, 5.74) is 3.40. The van der Waals surface area contributed by atoms with Crippen molar-refractivity contribution in [3.05, 3.63) is 58.7 Å². The molecule has 0 bridgehead atoms. The normalized spacial score (nSPS) is 13.7. The topological polar surface area (TPSA) is 61.8 Å². The Bertz CT molecular complexity index is 840. The predicted octanol–water partition coefficient (Wildman–Crippen LogP) is 3.62. The lowest BCUT2D eigenvalue weighted by Crippen LogP contribution is -2.24. The predicted molar refractivity (Wildman–Crippen MR) is 97.2 cm³/mol. The zero-order valence-electron chi connectivity index (χ0n) is 15.2. The molecule has 0 N–H and O–H groups in total. The Balaban J connectivity index is 1.71. The van der Waals surface area contributed by atoms with Crippen molar-refractivity contribution < 1.29 is 23.8 Å². The van der Waals surface area contributed by atoms with Gasteiger partial charge in [-0.3, -0.25) is 4.79 Å². The van der Waals surface area contributed by atoms with Crippen LogP contribution < -0.4 is 9.47 Å². The minimum absolute atomic E-state index is 0.200. The van der Waals surface area contributed by atoms with Gasteiger partial charge in [0, 0.05) is 5.56 Å². The minimum atomic E-state index is -0.866. The van der Waals surface area contributed by atoms with Crippen LogP contribution in [0.1, 0.15) is 45.2 Å². The Kier molecular flexibility index (Phi) is 5.26. The number of esters is 1. The van der Waals surface area contributed by atoms with Crippen LogP contribution in [0.3, 0.4) is 0 Å². The number of ketones is 1. The van der Waals surface area contributed by atoms with Gasteiger partial charge in [-0.25, -0.2) is 4.79 Å². The van der Waals surface area contributed by atoms with E-state index in [9.17, 15) is 9.59 Å². The highest BCUT2D eigenvalue weighted by Crippen LogP contribution is 2.28. The molecule has 1 atom stereocenters. The maximum absolute atomic E-state index is 12.6. The molecule has 0 heterocycles. The van der Waals surface area contributed by atoms with Crippen LogP contribution >= 0.6 is 0 Å². The van der Waals surface area contributed by atoms with Crippen molar-refractivity contribution in [1.82, 2.24) is 0 Å². The van der Waals surface area contributed by atoms with Gasteiger partial charge in [-0.1, -0.05) is 12.1 Å². The second-order valence-electron chi connectivity index (χ2n) is 6.32. The van der Waals surface area contributed by atoms with Gasteiger partial charge < -0.3 is 14.2 Å². The molecule has 0 saturated heterocycles. The van der Waals surface area contributed by atoms with Crippen molar-refractivity contribution in [3.63, 3.8) is 0 Å². The lowest BCUT2D eigenvalue weighted by molar-refractivity contribution is 0.0318. The van der Waals surface area contributed by atoms with Gasteiger partial charge in [0.1, 0.15) is 0 Å². The molecule has 0 spiro atoms. The average molecular weight is 354 g/mol. The summed E-state index contributed by atoms with van der Waals surface area (Å²) in [6, 6.07) is 10.5. The van der Waals surface area contributed by atoms with Gasteiger partial charge in [0.2, 0.25) is 5.78 Å². The number of fused-ring (bicyclic) bond motifs is 1. The van der Waals surface area contributed by atoms with Crippen LogP contribution in [0, 0.1) is 0 Å². The molecule has 5 nitrogen and oxygen atoms in total. The quantitative estimate of drug-likeness (QED) is 0.586. The lowest BCUT2D eigenvalue weighted by Gasteiger charge is -2.14. The molecule has 0 saturated carbocycles. The van der Waals surface area contributed by atoms with Gasteiger partial charge in [0.15, 0.2) is 17.6 Å². The molecule has 136 valence electrons. The Morgan fingerprint density at radius 2 is 1.58 bits per heavy atom. The number of Topliss-reactive ketones (excluding diaryl/α,β-unsaturated/α-hetero) is 1. The number of carbonyl (C=O) groups is 2. The third-order valence-electron chi connectivity index (χ3n) is 4.66. The highest BCUT2D eigenvalue weighted by molar-refractivity contribution is 6.01. The van der Waals surface area contributed by atoms with Crippen LogP contribution in [0.15, 0.2) is 36.4 Å². The second kappa shape index (κ2) is 7.60. The molecule has 3 rings (SSSR count). The van der Waals surface area contributed by atoms with Crippen molar-refractivity contribution in [1.29, 1.82) is 0 Å². The van der Waals surface area contributed by atoms with E-state index in [-0.39, 0.29) is 5.78 Å². The number of rotatable bonds is 6. The first-order chi connectivity index (χ1) is 12.5. The van der Waals surface area contributed by atoms with Crippen molar-refractivity contribution in [2.24, 2.45) is 0 Å². The van der Waals surface area contributed by atoms with Crippen LogP contribution in [-0.2, 0) is 17.6 Å². The fourth-order valence-electron chi connectivity index (χ4n) is 3.21. The zero-order chi connectivity index (χ0) is 18.7. The number of methoxy groups -OCH3 is 2. The van der Waals surface area contributed by atoms with Gasteiger partial charge in [0.05, 0.1) is 19.8 Å². The molecule has 0 aromatic heterocycles. The van der Waals surface area contributed by atoms with E-state index in [1.54, 1.807) is 19.1 Å². The monoisotopic (exact) mass is 354 g/mol. The van der Waals surface area contributed by atoms with E-state index in [0.29, 0.717) is 22.6 Å². The zero-order valence-corrected chi connectivity index (χ0v) is 15.2. The summed E-state index contributed by atoms with van der Waals surface area (Å²) in [5.74, 6) is 0.173. The van der Waals surface area contributed by atoms with Gasteiger partial charge in [-0.2, -0.15) is 0 Å². The van der Waals surface area contributed by atoms with Crippen molar-refractivity contribution in [2.75, 3.05) is 14.2 Å². The molecular weight excluding hydrogens is 332 g/mol. The Morgan fingerprint density at radius 1 is 0.885 bits per heavy atom. The summed E-state index contributed by atoms with van der Waals surface area (Å²) < 4.78 is 15.7. The summed E-state index contributed by atoms with van der Waals surface area (Å²) in [5, 5.41) is 0. The summed E-state index contributed by atoms with van der Waals surface area (Å²) in [6.45, 7) is 1.59. The minimum Gasteiger partial charge on any atom is -0.493 e. The fourth-order valence-corrected chi connectivity index (χ4v) is 3.21. The van der Waals surface area contributed by atoms with Crippen molar-refractivity contribution >= 4 is 11.8 Å². The maximum atomic E-state index is 12.6. The summed E-state index contributed by atoms with van der Waals surface area (Å²) in [7, 11) is 3.01. The number of hydrogen-bond acceptors (Lipinski definition) is 5. The largest absolute Gasteiger partial charge is 0.493 e. The highest BCUT2D eigenvalue weighted by atomic mass is 16.5. The number of ether oxygens (including phenoxy) is 3. The molecule has 5 heteroatoms. The van der Waals surface area contributed by atoms with Crippen molar-refractivity contribution in [3.8, 4) is 11.5 Å². The van der Waals surface area contributed by atoms with E-state index in [1.165, 1.54) is 31.4 Å². The van der Waals surface area contributed by atoms with Crippen molar-refractivity contribution in [2.45, 2.75) is 32.3 Å². The number of aryl methyl sites for hydroxylation is 2. The van der Waals surface area contributed by atoms with Gasteiger partial charge >= 0.3 is 5.97 Å². The highest BCUT2D eigenvalue weighted by Gasteiger charge is 2.22. The first-order valence-electron chi connectivity index (χ1n) is 8.62. The molecule has 0 radical (unpaired) electrons. The van der Waals surface area contributed by atoms with E-state index in [4.69, 9.17) is 14.2 Å². The first kappa shape index (κ1) is 18.0. The van der Waals surface area contributed by atoms with Crippen LogP contribution in [0.4, 0.5) is 0 Å². The summed E-state index contributed by atoms with van der Waals surface area (Å²) in [4.78, 5) is 25.0. The van der Waals surface area contributed by atoms with E-state index < -0.39 is 12.1 Å². The van der Waals surface area contributed by atoms with Crippen LogP contribution in [0.25, 0.3) is 0 Å². The van der Waals surface area contributed by atoms with Gasteiger partial charge in [-0.05, 0) is 61.6 Å². The number of benzene rings is 2. The third kappa shape index (κ3) is 3.57. The average Bonchev–Trinajstić information content (AvgIpc) is 3.14.